The van der Waals surface area contributed by atoms with Crippen molar-refractivity contribution in [2.24, 2.45) is 0 Å². The third-order valence-corrected chi connectivity index (χ3v) is 7.17. The van der Waals surface area contributed by atoms with Gasteiger partial charge in [-0.3, -0.25) is 0 Å². The first-order valence-electron chi connectivity index (χ1n) is 7.90. The molecule has 2 atom stereocenters. The molecule has 1 saturated carbocycles. The zero-order valence-corrected chi connectivity index (χ0v) is 15.3. The van der Waals surface area contributed by atoms with E-state index in [0.717, 1.165) is 19.3 Å². The standard InChI is InChI=1S/C19H19ClO2Se/c20-15-12-10-14(11-13-15)19(21)22-17-8-4-5-9-18(17)23-16-6-2-1-3-7-16/h1-3,6-7,10-13,17-18H,4-5,8-9H2. The molecule has 1 fully saturated rings. The van der Waals surface area contributed by atoms with Crippen LogP contribution in [0.3, 0.4) is 0 Å². The van der Waals surface area contributed by atoms with Crippen molar-refractivity contribution in [3.05, 3.63) is 65.2 Å². The zero-order chi connectivity index (χ0) is 16.1. The minimum absolute atomic E-state index is 0.0344. The Balaban J connectivity index is 1.66. The topological polar surface area (TPSA) is 26.3 Å². The van der Waals surface area contributed by atoms with Crippen molar-refractivity contribution < 1.29 is 9.53 Å². The summed E-state index contributed by atoms with van der Waals surface area (Å²) in [6, 6.07) is 17.5. The summed E-state index contributed by atoms with van der Waals surface area (Å²) in [5.41, 5.74) is 0.575. The molecule has 0 aliphatic heterocycles. The summed E-state index contributed by atoms with van der Waals surface area (Å²) >= 11 is 6.21. The number of carbonyl (C=O) groups excluding carboxylic acids is 1. The van der Waals surface area contributed by atoms with Gasteiger partial charge in [0, 0.05) is 0 Å². The van der Waals surface area contributed by atoms with Gasteiger partial charge < -0.3 is 0 Å². The van der Waals surface area contributed by atoms with Crippen molar-refractivity contribution in [3.63, 3.8) is 0 Å². The molecule has 4 heteroatoms. The van der Waals surface area contributed by atoms with E-state index in [9.17, 15) is 4.79 Å². The number of hydrogen-bond acceptors (Lipinski definition) is 2. The van der Waals surface area contributed by atoms with E-state index >= 15 is 0 Å². The van der Waals surface area contributed by atoms with Gasteiger partial charge in [-0.05, 0) is 0 Å². The van der Waals surface area contributed by atoms with Crippen LogP contribution in [0.15, 0.2) is 54.6 Å². The summed E-state index contributed by atoms with van der Waals surface area (Å²) in [5, 5.41) is 0.629. The number of ether oxygens (including phenoxy) is 1. The summed E-state index contributed by atoms with van der Waals surface area (Å²) < 4.78 is 7.21. The van der Waals surface area contributed by atoms with E-state index in [-0.39, 0.29) is 12.1 Å². The van der Waals surface area contributed by atoms with Crippen molar-refractivity contribution >= 4 is 37.0 Å². The molecule has 23 heavy (non-hydrogen) atoms. The fourth-order valence-corrected chi connectivity index (χ4v) is 5.63. The molecular formula is C19H19ClO2Se. The maximum atomic E-state index is 12.4. The Morgan fingerprint density at radius 1 is 1.00 bits per heavy atom. The van der Waals surface area contributed by atoms with Crippen LogP contribution >= 0.6 is 11.6 Å². The zero-order valence-electron chi connectivity index (χ0n) is 12.8. The third kappa shape index (κ3) is 4.60. The van der Waals surface area contributed by atoms with Crippen LogP contribution in [0.5, 0.6) is 0 Å². The van der Waals surface area contributed by atoms with E-state index < -0.39 is 0 Å². The second kappa shape index (κ2) is 8.01. The minimum atomic E-state index is -0.234. The Hall–Kier alpha value is -1.28. The van der Waals surface area contributed by atoms with Crippen LogP contribution in [0, 0.1) is 0 Å². The summed E-state index contributed by atoms with van der Waals surface area (Å²) in [6.07, 6.45) is 4.52. The molecule has 2 aromatic carbocycles. The molecular weight excluding hydrogens is 375 g/mol. The van der Waals surface area contributed by atoms with Gasteiger partial charge in [-0.1, -0.05) is 0 Å². The first-order chi connectivity index (χ1) is 11.2. The average molecular weight is 394 g/mol. The van der Waals surface area contributed by atoms with Gasteiger partial charge in [-0.2, -0.15) is 0 Å². The van der Waals surface area contributed by atoms with E-state index in [0.29, 0.717) is 30.4 Å². The van der Waals surface area contributed by atoms with Gasteiger partial charge in [0.1, 0.15) is 0 Å². The Kier molecular flexibility index (Phi) is 5.77. The molecule has 0 aromatic heterocycles. The number of carbonyl (C=O) groups is 1. The van der Waals surface area contributed by atoms with Gasteiger partial charge in [-0.15, -0.1) is 0 Å². The second-order valence-electron chi connectivity index (χ2n) is 5.70. The molecule has 2 aromatic rings. The Morgan fingerprint density at radius 3 is 2.43 bits per heavy atom. The van der Waals surface area contributed by atoms with Gasteiger partial charge in [0.15, 0.2) is 0 Å². The molecule has 0 heterocycles. The summed E-state index contributed by atoms with van der Waals surface area (Å²) in [4.78, 5) is 12.8. The summed E-state index contributed by atoms with van der Waals surface area (Å²) in [5.74, 6) is -0.234. The van der Waals surface area contributed by atoms with Gasteiger partial charge in [0.05, 0.1) is 0 Å². The predicted octanol–water partition coefficient (Wildman–Crippen LogP) is 4.26. The maximum absolute atomic E-state index is 12.4. The number of rotatable bonds is 4. The van der Waals surface area contributed by atoms with Crippen LogP contribution in [0.2, 0.25) is 9.84 Å². The third-order valence-electron chi connectivity index (χ3n) is 4.01. The summed E-state index contributed by atoms with van der Waals surface area (Å²) in [6.45, 7) is 0. The van der Waals surface area contributed by atoms with Crippen molar-refractivity contribution in [1.82, 2.24) is 0 Å². The van der Waals surface area contributed by atoms with E-state index in [1.165, 1.54) is 10.9 Å². The van der Waals surface area contributed by atoms with Gasteiger partial charge >= 0.3 is 148 Å². The molecule has 3 rings (SSSR count). The molecule has 1 aliphatic rings. The first-order valence-corrected chi connectivity index (χ1v) is 10.1. The second-order valence-corrected chi connectivity index (χ2v) is 8.89. The quantitative estimate of drug-likeness (QED) is 0.573. The Morgan fingerprint density at radius 2 is 1.70 bits per heavy atom. The average Bonchev–Trinajstić information content (AvgIpc) is 2.58. The monoisotopic (exact) mass is 394 g/mol. The molecule has 0 bridgehead atoms. The number of halogens is 1. The normalized spacial score (nSPS) is 20.9. The molecule has 2 nitrogen and oxygen atoms in total. The van der Waals surface area contributed by atoms with Crippen LogP contribution in [-0.2, 0) is 4.74 Å². The van der Waals surface area contributed by atoms with E-state index in [1.807, 2.05) is 6.07 Å². The Bertz CT molecular complexity index is 642. The van der Waals surface area contributed by atoms with Crippen LogP contribution in [0.25, 0.3) is 0 Å². The van der Waals surface area contributed by atoms with Crippen LogP contribution in [0.1, 0.15) is 36.0 Å². The SMILES string of the molecule is O=C(OC1CCCCC1[Se]c1ccccc1)c1ccc(Cl)cc1. The van der Waals surface area contributed by atoms with Gasteiger partial charge in [0.2, 0.25) is 0 Å². The molecule has 0 radical (unpaired) electrons. The van der Waals surface area contributed by atoms with E-state index in [1.54, 1.807) is 24.3 Å². The fraction of sp³-hybridized carbons (Fsp3) is 0.316. The molecule has 2 unspecified atom stereocenters. The summed E-state index contributed by atoms with van der Waals surface area (Å²) in [7, 11) is 0. The fourth-order valence-electron chi connectivity index (χ4n) is 2.80. The predicted molar refractivity (Wildman–Crippen MR) is 94.7 cm³/mol. The molecule has 0 spiro atoms. The molecule has 0 saturated heterocycles. The Labute approximate surface area is 148 Å². The van der Waals surface area contributed by atoms with Crippen LogP contribution in [-0.4, -0.2) is 27.0 Å². The first kappa shape index (κ1) is 16.6. The number of hydrogen-bond donors (Lipinski definition) is 0. The molecule has 120 valence electrons. The molecule has 1 aliphatic carbocycles. The van der Waals surface area contributed by atoms with Gasteiger partial charge in [0.25, 0.3) is 0 Å². The van der Waals surface area contributed by atoms with E-state index in [2.05, 4.69) is 24.3 Å². The van der Waals surface area contributed by atoms with Crippen molar-refractivity contribution in [1.29, 1.82) is 0 Å². The van der Waals surface area contributed by atoms with Crippen LogP contribution in [0.4, 0.5) is 0 Å². The number of benzene rings is 2. The van der Waals surface area contributed by atoms with Gasteiger partial charge in [-0.25, -0.2) is 0 Å². The molecule has 0 amide bonds. The number of esters is 1. The van der Waals surface area contributed by atoms with Crippen LogP contribution < -0.4 is 4.46 Å². The van der Waals surface area contributed by atoms with Crippen molar-refractivity contribution in [2.75, 3.05) is 0 Å². The van der Waals surface area contributed by atoms with E-state index in [4.69, 9.17) is 16.3 Å². The van der Waals surface area contributed by atoms with Crippen molar-refractivity contribution in [2.45, 2.75) is 36.6 Å². The molecule has 0 N–H and O–H groups in total. The van der Waals surface area contributed by atoms with Crippen molar-refractivity contribution in [3.8, 4) is 0 Å².